The highest BCUT2D eigenvalue weighted by Gasteiger charge is 2.17. The van der Waals surface area contributed by atoms with Gasteiger partial charge in [0.15, 0.2) is 0 Å². The van der Waals surface area contributed by atoms with Crippen molar-refractivity contribution in [2.75, 3.05) is 33.3 Å². The van der Waals surface area contributed by atoms with E-state index in [0.717, 1.165) is 50.2 Å². The molecule has 5 heteroatoms. The van der Waals surface area contributed by atoms with Crippen molar-refractivity contribution in [2.45, 2.75) is 38.2 Å². The maximum absolute atomic E-state index is 12.2. The molecular formula is C18H28N2O3. The topological polar surface area (TPSA) is 61.8 Å². The first kappa shape index (κ1) is 17.8. The smallest absolute Gasteiger partial charge is 0.227 e. The van der Waals surface area contributed by atoms with E-state index >= 15 is 0 Å². The van der Waals surface area contributed by atoms with Gasteiger partial charge in [0.1, 0.15) is 5.75 Å². The number of carbonyl (C=O) groups excluding carboxylic acids is 1. The molecule has 128 valence electrons. The third kappa shape index (κ3) is 5.52. The van der Waals surface area contributed by atoms with Crippen molar-refractivity contribution in [3.05, 3.63) is 29.8 Å². The molecule has 1 fully saturated rings. The van der Waals surface area contributed by atoms with Crippen LogP contribution in [0.5, 0.6) is 5.75 Å². The number of ether oxygens (including phenoxy) is 1. The van der Waals surface area contributed by atoms with Gasteiger partial charge in [-0.15, -0.1) is 0 Å². The van der Waals surface area contributed by atoms with E-state index in [2.05, 4.69) is 10.2 Å². The van der Waals surface area contributed by atoms with E-state index in [4.69, 9.17) is 4.74 Å². The van der Waals surface area contributed by atoms with Crippen LogP contribution in [0.3, 0.4) is 0 Å². The van der Waals surface area contributed by atoms with Gasteiger partial charge in [-0.3, -0.25) is 4.79 Å². The van der Waals surface area contributed by atoms with Crippen LogP contribution in [0.25, 0.3) is 0 Å². The summed E-state index contributed by atoms with van der Waals surface area (Å²) in [5, 5.41) is 12.5. The minimum Gasteiger partial charge on any atom is -0.497 e. The van der Waals surface area contributed by atoms with E-state index in [0.29, 0.717) is 6.54 Å². The molecule has 0 aromatic heterocycles. The summed E-state index contributed by atoms with van der Waals surface area (Å²) in [5.74, 6) is 0.697. The maximum atomic E-state index is 12.2. The number of piperidine rings is 1. The van der Waals surface area contributed by atoms with Crippen molar-refractivity contribution >= 4 is 5.91 Å². The van der Waals surface area contributed by atoms with Gasteiger partial charge in [0, 0.05) is 19.6 Å². The summed E-state index contributed by atoms with van der Waals surface area (Å²) in [5.41, 5.74) is 0.994. The third-order valence-corrected chi connectivity index (χ3v) is 4.52. The summed E-state index contributed by atoms with van der Waals surface area (Å²) < 4.78 is 5.13. The number of rotatable bonds is 7. The maximum Gasteiger partial charge on any atom is 0.227 e. The molecule has 0 spiro atoms. The van der Waals surface area contributed by atoms with Crippen LogP contribution in [0.4, 0.5) is 0 Å². The fraction of sp³-hybridized carbons (Fsp3) is 0.611. The lowest BCUT2D eigenvalue weighted by atomic mass is 10.0. The molecule has 2 N–H and O–H groups in total. The highest BCUT2D eigenvalue weighted by Crippen LogP contribution is 2.19. The van der Waals surface area contributed by atoms with Crippen LogP contribution >= 0.6 is 0 Å². The Bertz CT molecular complexity index is 482. The van der Waals surface area contributed by atoms with Crippen LogP contribution in [-0.2, 0) is 4.79 Å². The van der Waals surface area contributed by atoms with E-state index in [1.807, 2.05) is 31.2 Å². The number of amides is 1. The number of nitrogens with zero attached hydrogens (tertiary/aromatic N) is 1. The van der Waals surface area contributed by atoms with E-state index in [1.54, 1.807) is 7.11 Å². The molecule has 0 radical (unpaired) electrons. The number of benzene rings is 1. The number of aliphatic hydroxyl groups excluding tert-OH is 1. The average Bonchev–Trinajstić information content (AvgIpc) is 2.59. The molecule has 1 aromatic rings. The molecule has 2 rings (SSSR count). The molecule has 1 atom stereocenters. The SMILES string of the molecule is COc1ccc(C(C)C(=O)NCCCN2CCC(O)CC2)cc1. The zero-order valence-electron chi connectivity index (χ0n) is 14.1. The van der Waals surface area contributed by atoms with Gasteiger partial charge < -0.3 is 20.1 Å². The zero-order valence-corrected chi connectivity index (χ0v) is 14.1. The van der Waals surface area contributed by atoms with Gasteiger partial charge in [-0.05, 0) is 50.4 Å². The number of aliphatic hydroxyl groups is 1. The number of hydrogen-bond donors (Lipinski definition) is 2. The van der Waals surface area contributed by atoms with Crippen LogP contribution in [0, 0.1) is 0 Å². The van der Waals surface area contributed by atoms with Crippen LogP contribution in [0.15, 0.2) is 24.3 Å². The van der Waals surface area contributed by atoms with Crippen LogP contribution in [0.1, 0.15) is 37.7 Å². The molecule has 1 unspecified atom stereocenters. The largest absolute Gasteiger partial charge is 0.497 e. The number of methoxy groups -OCH3 is 1. The molecule has 23 heavy (non-hydrogen) atoms. The molecule has 0 saturated carbocycles. The molecule has 0 bridgehead atoms. The second kappa shape index (κ2) is 8.89. The van der Waals surface area contributed by atoms with Crippen molar-refractivity contribution in [2.24, 2.45) is 0 Å². The summed E-state index contributed by atoms with van der Waals surface area (Å²) in [7, 11) is 1.63. The van der Waals surface area contributed by atoms with Gasteiger partial charge in [-0.25, -0.2) is 0 Å². The predicted octanol–water partition coefficient (Wildman–Crippen LogP) is 1.76. The Hall–Kier alpha value is -1.59. The lowest BCUT2D eigenvalue weighted by Crippen LogP contribution is -2.38. The standard InChI is InChI=1S/C18H28N2O3/c1-14(15-4-6-17(23-2)7-5-15)18(22)19-10-3-11-20-12-8-16(21)9-13-20/h4-7,14,16,21H,3,8-13H2,1-2H3,(H,19,22). The summed E-state index contributed by atoms with van der Waals surface area (Å²) in [6, 6.07) is 7.62. The Kier molecular flexibility index (Phi) is 6.86. The first-order valence-electron chi connectivity index (χ1n) is 8.42. The van der Waals surface area contributed by atoms with Gasteiger partial charge in [0.25, 0.3) is 0 Å². The molecule has 1 aliphatic rings. The number of hydrogen-bond acceptors (Lipinski definition) is 4. The van der Waals surface area contributed by atoms with Crippen LogP contribution in [0.2, 0.25) is 0 Å². The fourth-order valence-electron chi connectivity index (χ4n) is 2.85. The monoisotopic (exact) mass is 320 g/mol. The van der Waals surface area contributed by atoms with E-state index < -0.39 is 0 Å². The van der Waals surface area contributed by atoms with Crippen molar-refractivity contribution in [3.63, 3.8) is 0 Å². The number of likely N-dealkylation sites (tertiary alicyclic amines) is 1. The van der Waals surface area contributed by atoms with E-state index in [9.17, 15) is 9.90 Å². The molecule has 1 heterocycles. The lowest BCUT2D eigenvalue weighted by Gasteiger charge is -2.29. The highest BCUT2D eigenvalue weighted by atomic mass is 16.5. The lowest BCUT2D eigenvalue weighted by molar-refractivity contribution is -0.122. The predicted molar refractivity (Wildman–Crippen MR) is 90.7 cm³/mol. The molecule has 1 amide bonds. The fourth-order valence-corrected chi connectivity index (χ4v) is 2.85. The van der Waals surface area contributed by atoms with Crippen molar-refractivity contribution in [3.8, 4) is 5.75 Å². The molecule has 5 nitrogen and oxygen atoms in total. The van der Waals surface area contributed by atoms with Crippen molar-refractivity contribution in [1.29, 1.82) is 0 Å². The summed E-state index contributed by atoms with van der Waals surface area (Å²) >= 11 is 0. The Labute approximate surface area is 138 Å². The third-order valence-electron chi connectivity index (χ3n) is 4.52. The van der Waals surface area contributed by atoms with Crippen molar-refractivity contribution < 1.29 is 14.6 Å². The van der Waals surface area contributed by atoms with E-state index in [-0.39, 0.29) is 17.9 Å². The normalized spacial score (nSPS) is 17.7. The first-order chi connectivity index (χ1) is 11.1. The summed E-state index contributed by atoms with van der Waals surface area (Å²) in [6.07, 6.45) is 2.54. The molecule has 1 saturated heterocycles. The zero-order chi connectivity index (χ0) is 16.7. The summed E-state index contributed by atoms with van der Waals surface area (Å²) in [4.78, 5) is 14.6. The first-order valence-corrected chi connectivity index (χ1v) is 8.42. The Morgan fingerprint density at radius 2 is 2.00 bits per heavy atom. The molecule has 0 aliphatic carbocycles. The van der Waals surface area contributed by atoms with Gasteiger partial charge in [0.05, 0.1) is 19.1 Å². The van der Waals surface area contributed by atoms with Gasteiger partial charge in [-0.1, -0.05) is 12.1 Å². The van der Waals surface area contributed by atoms with Gasteiger partial charge in [-0.2, -0.15) is 0 Å². The minimum absolute atomic E-state index is 0.0595. The summed E-state index contributed by atoms with van der Waals surface area (Å²) in [6.45, 7) is 5.50. The second-order valence-electron chi connectivity index (χ2n) is 6.21. The molecule has 1 aromatic carbocycles. The van der Waals surface area contributed by atoms with Crippen LogP contribution in [-0.4, -0.2) is 55.3 Å². The van der Waals surface area contributed by atoms with Gasteiger partial charge in [0.2, 0.25) is 5.91 Å². The minimum atomic E-state index is -0.161. The van der Waals surface area contributed by atoms with Crippen LogP contribution < -0.4 is 10.1 Å². The highest BCUT2D eigenvalue weighted by molar-refractivity contribution is 5.83. The number of nitrogens with one attached hydrogen (secondary N) is 1. The second-order valence-corrected chi connectivity index (χ2v) is 6.21. The quantitative estimate of drug-likeness (QED) is 0.752. The molecular weight excluding hydrogens is 292 g/mol. The number of carbonyl (C=O) groups is 1. The molecule has 1 aliphatic heterocycles. The van der Waals surface area contributed by atoms with Gasteiger partial charge >= 0.3 is 0 Å². The average molecular weight is 320 g/mol. The Morgan fingerprint density at radius 3 is 2.61 bits per heavy atom. The Morgan fingerprint density at radius 1 is 1.35 bits per heavy atom. The van der Waals surface area contributed by atoms with E-state index in [1.165, 1.54) is 0 Å². The Balaban J connectivity index is 1.67. The van der Waals surface area contributed by atoms with Crippen molar-refractivity contribution in [1.82, 2.24) is 10.2 Å².